The fraction of sp³-hybridized carbons (Fsp3) is 0.133. The second-order valence-corrected chi connectivity index (χ2v) is 4.54. The first kappa shape index (κ1) is 13.1. The summed E-state index contributed by atoms with van der Waals surface area (Å²) < 4.78 is 5.33. The number of aromatic amines is 1. The van der Waals surface area contributed by atoms with Crippen molar-refractivity contribution in [3.8, 4) is 17.0 Å². The van der Waals surface area contributed by atoms with Gasteiger partial charge in [-0.3, -0.25) is 4.79 Å². The van der Waals surface area contributed by atoms with Gasteiger partial charge >= 0.3 is 0 Å². The number of methoxy groups -OCH3 is 1. The first-order chi connectivity index (χ1) is 10.2. The maximum atomic E-state index is 10.5. The van der Waals surface area contributed by atoms with E-state index in [0.717, 1.165) is 22.2 Å². The van der Waals surface area contributed by atoms with E-state index in [1.54, 1.807) is 19.4 Å². The van der Waals surface area contributed by atoms with E-state index in [2.05, 4.69) is 20.3 Å². The van der Waals surface area contributed by atoms with Gasteiger partial charge in [-0.1, -0.05) is 0 Å². The van der Waals surface area contributed by atoms with Crippen LogP contribution in [0.2, 0.25) is 0 Å². The lowest BCUT2D eigenvalue weighted by atomic mass is 10.0. The minimum absolute atomic E-state index is 0.503. The molecular weight excluding hydrogens is 268 g/mol. The molecule has 6 heteroatoms. The molecule has 0 saturated carbocycles. The molecule has 106 valence electrons. The molecular formula is C15H14N4O2. The van der Waals surface area contributed by atoms with Crippen LogP contribution in [0, 0.1) is 6.92 Å². The molecule has 6 nitrogen and oxygen atoms in total. The van der Waals surface area contributed by atoms with Gasteiger partial charge in [-0.25, -0.2) is 9.97 Å². The Labute approximate surface area is 121 Å². The molecule has 0 aliphatic rings. The smallest absolute Gasteiger partial charge is 0.221 e. The van der Waals surface area contributed by atoms with Crippen molar-refractivity contribution in [2.75, 3.05) is 12.4 Å². The summed E-state index contributed by atoms with van der Waals surface area (Å²) in [5, 5.41) is 3.50. The highest BCUT2D eigenvalue weighted by Gasteiger charge is 2.16. The van der Waals surface area contributed by atoms with Crippen LogP contribution in [-0.2, 0) is 4.79 Å². The fourth-order valence-corrected chi connectivity index (χ4v) is 2.43. The molecule has 0 aromatic carbocycles. The number of aromatic nitrogens is 3. The van der Waals surface area contributed by atoms with Gasteiger partial charge in [0, 0.05) is 28.4 Å². The number of rotatable bonds is 4. The van der Waals surface area contributed by atoms with E-state index in [1.807, 2.05) is 25.1 Å². The van der Waals surface area contributed by atoms with Crippen molar-refractivity contribution in [2.45, 2.75) is 6.92 Å². The lowest BCUT2D eigenvalue weighted by Crippen LogP contribution is -1.96. The number of pyridine rings is 2. The summed E-state index contributed by atoms with van der Waals surface area (Å²) >= 11 is 0. The molecule has 3 aromatic rings. The Balaban J connectivity index is 2.23. The Bertz CT molecular complexity index is 811. The third kappa shape index (κ3) is 2.20. The molecule has 0 unspecified atom stereocenters. The van der Waals surface area contributed by atoms with Crippen molar-refractivity contribution in [3.63, 3.8) is 0 Å². The zero-order valence-corrected chi connectivity index (χ0v) is 11.7. The topological polar surface area (TPSA) is 79.9 Å². The Hall–Kier alpha value is -2.89. The van der Waals surface area contributed by atoms with E-state index in [-0.39, 0.29) is 0 Å². The quantitative estimate of drug-likeness (QED) is 0.720. The molecule has 0 aliphatic carbocycles. The van der Waals surface area contributed by atoms with Gasteiger partial charge in [0.2, 0.25) is 12.3 Å². The molecule has 3 rings (SSSR count). The number of amides is 1. The van der Waals surface area contributed by atoms with E-state index in [0.29, 0.717) is 23.8 Å². The first-order valence-corrected chi connectivity index (χ1v) is 6.43. The third-order valence-corrected chi connectivity index (χ3v) is 3.29. The highest BCUT2D eigenvalue weighted by Crippen LogP contribution is 2.36. The van der Waals surface area contributed by atoms with Crippen molar-refractivity contribution < 1.29 is 9.53 Å². The molecule has 0 aliphatic heterocycles. The van der Waals surface area contributed by atoms with Gasteiger partial charge in [-0.05, 0) is 31.2 Å². The van der Waals surface area contributed by atoms with Gasteiger partial charge in [0.05, 0.1) is 7.11 Å². The van der Waals surface area contributed by atoms with Crippen LogP contribution in [0.5, 0.6) is 5.88 Å². The lowest BCUT2D eigenvalue weighted by molar-refractivity contribution is -0.105. The number of H-pyrrole nitrogens is 1. The van der Waals surface area contributed by atoms with E-state index in [1.165, 1.54) is 0 Å². The van der Waals surface area contributed by atoms with Gasteiger partial charge in [0.1, 0.15) is 11.5 Å². The fourth-order valence-electron chi connectivity index (χ4n) is 2.43. The van der Waals surface area contributed by atoms with E-state index in [9.17, 15) is 4.79 Å². The number of nitrogens with one attached hydrogen (secondary N) is 2. The molecule has 0 atom stereocenters. The standard InChI is InChI=1S/C15H14N4O2/c1-9-13(11-4-3-7-16-15(11)21-2)10-5-6-12(17-8-20)19-14(10)18-9/h3-8H,1-2H3,(H2,17,18,19,20). The molecule has 0 saturated heterocycles. The summed E-state index contributed by atoms with van der Waals surface area (Å²) in [6.45, 7) is 1.97. The van der Waals surface area contributed by atoms with Crippen LogP contribution in [0.3, 0.4) is 0 Å². The number of nitrogens with zero attached hydrogens (tertiary/aromatic N) is 2. The highest BCUT2D eigenvalue weighted by molar-refractivity contribution is 5.97. The monoisotopic (exact) mass is 282 g/mol. The number of ether oxygens (including phenoxy) is 1. The summed E-state index contributed by atoms with van der Waals surface area (Å²) in [6.07, 6.45) is 2.30. The predicted octanol–water partition coefficient (Wildman–Crippen LogP) is 2.51. The summed E-state index contributed by atoms with van der Waals surface area (Å²) in [5.41, 5.74) is 3.58. The van der Waals surface area contributed by atoms with E-state index in [4.69, 9.17) is 4.74 Å². The third-order valence-electron chi connectivity index (χ3n) is 3.29. The summed E-state index contributed by atoms with van der Waals surface area (Å²) in [5.74, 6) is 1.07. The minimum atomic E-state index is 0.503. The van der Waals surface area contributed by atoms with Crippen molar-refractivity contribution in [3.05, 3.63) is 36.2 Å². The normalized spacial score (nSPS) is 10.6. The largest absolute Gasteiger partial charge is 0.481 e. The van der Waals surface area contributed by atoms with Crippen LogP contribution in [0.4, 0.5) is 5.82 Å². The molecule has 0 radical (unpaired) electrons. The first-order valence-electron chi connectivity index (χ1n) is 6.43. The molecule has 2 N–H and O–H groups in total. The van der Waals surface area contributed by atoms with Gasteiger partial charge in [0.25, 0.3) is 0 Å². The Morgan fingerprint density at radius 2 is 2.19 bits per heavy atom. The Kier molecular flexibility index (Phi) is 3.27. The number of hydrogen-bond acceptors (Lipinski definition) is 4. The molecule has 0 spiro atoms. The van der Waals surface area contributed by atoms with Gasteiger partial charge in [-0.2, -0.15) is 0 Å². The zero-order valence-electron chi connectivity index (χ0n) is 11.7. The minimum Gasteiger partial charge on any atom is -0.481 e. The number of carbonyl (C=O) groups excluding carboxylic acids is 1. The van der Waals surface area contributed by atoms with E-state index < -0.39 is 0 Å². The average molecular weight is 282 g/mol. The number of aryl methyl sites for hydroxylation is 1. The molecule has 3 heterocycles. The number of anilines is 1. The van der Waals surface area contributed by atoms with Gasteiger partial charge in [-0.15, -0.1) is 0 Å². The maximum Gasteiger partial charge on any atom is 0.221 e. The second kappa shape index (κ2) is 5.24. The SMILES string of the molecule is COc1ncccc1-c1c(C)[nH]c2nc(NC=O)ccc12. The van der Waals surface area contributed by atoms with Crippen molar-refractivity contribution >= 4 is 23.3 Å². The summed E-state index contributed by atoms with van der Waals surface area (Å²) in [4.78, 5) is 22.3. The van der Waals surface area contributed by atoms with Crippen LogP contribution >= 0.6 is 0 Å². The number of fused-ring (bicyclic) bond motifs is 1. The predicted molar refractivity (Wildman–Crippen MR) is 80.3 cm³/mol. The van der Waals surface area contributed by atoms with Crippen LogP contribution in [0.25, 0.3) is 22.2 Å². The Morgan fingerprint density at radius 1 is 1.33 bits per heavy atom. The summed E-state index contributed by atoms with van der Waals surface area (Å²) in [7, 11) is 1.60. The number of hydrogen-bond donors (Lipinski definition) is 2. The van der Waals surface area contributed by atoms with Crippen molar-refractivity contribution in [1.29, 1.82) is 0 Å². The lowest BCUT2D eigenvalue weighted by Gasteiger charge is -2.07. The number of carbonyl (C=O) groups is 1. The van der Waals surface area contributed by atoms with E-state index >= 15 is 0 Å². The highest BCUT2D eigenvalue weighted by atomic mass is 16.5. The zero-order chi connectivity index (χ0) is 14.8. The Morgan fingerprint density at radius 3 is 2.95 bits per heavy atom. The maximum absolute atomic E-state index is 10.5. The van der Waals surface area contributed by atoms with Gasteiger partial charge < -0.3 is 15.0 Å². The second-order valence-electron chi connectivity index (χ2n) is 4.54. The van der Waals surface area contributed by atoms with Crippen LogP contribution in [0.15, 0.2) is 30.5 Å². The van der Waals surface area contributed by atoms with Crippen LogP contribution in [0.1, 0.15) is 5.69 Å². The molecule has 0 bridgehead atoms. The average Bonchev–Trinajstić information content (AvgIpc) is 2.82. The van der Waals surface area contributed by atoms with Crippen LogP contribution < -0.4 is 10.1 Å². The summed E-state index contributed by atoms with van der Waals surface area (Å²) in [6, 6.07) is 7.50. The molecule has 3 aromatic heterocycles. The molecule has 21 heavy (non-hydrogen) atoms. The van der Waals surface area contributed by atoms with Gasteiger partial charge in [0.15, 0.2) is 0 Å². The van der Waals surface area contributed by atoms with Crippen molar-refractivity contribution in [1.82, 2.24) is 15.0 Å². The molecule has 1 amide bonds. The molecule has 0 fully saturated rings. The van der Waals surface area contributed by atoms with Crippen molar-refractivity contribution in [2.24, 2.45) is 0 Å². The van der Waals surface area contributed by atoms with Crippen LogP contribution in [-0.4, -0.2) is 28.5 Å².